The summed E-state index contributed by atoms with van der Waals surface area (Å²) in [6.07, 6.45) is -5.94. The molecule has 1 aliphatic heterocycles. The fraction of sp³-hybridized carbons (Fsp3) is 0.889. The first-order valence-corrected chi connectivity index (χ1v) is 5.04. The molecule has 1 rings (SSSR count). The first-order chi connectivity index (χ1) is 7.73. The van der Waals surface area contributed by atoms with Crippen molar-refractivity contribution in [3.8, 4) is 0 Å². The standard InChI is InChI=1S/C9H14F3NO4/c1-6-8(15,2-3-16-6)4-13-7(14)17-5-9(10,11)12/h6,15H,2-5H2,1H3,(H,13,14). The highest BCUT2D eigenvalue weighted by atomic mass is 19.4. The van der Waals surface area contributed by atoms with E-state index in [1.807, 2.05) is 0 Å². The predicted octanol–water partition coefficient (Wildman–Crippen LogP) is 0.815. The Balaban J connectivity index is 2.28. The molecule has 0 aromatic carbocycles. The van der Waals surface area contributed by atoms with Crippen LogP contribution in [0.25, 0.3) is 0 Å². The van der Waals surface area contributed by atoms with E-state index in [0.29, 0.717) is 13.0 Å². The van der Waals surface area contributed by atoms with Crippen LogP contribution in [0.5, 0.6) is 0 Å². The average molecular weight is 257 g/mol. The third-order valence-corrected chi connectivity index (χ3v) is 2.57. The maximum absolute atomic E-state index is 11.7. The van der Waals surface area contributed by atoms with Gasteiger partial charge in [0.2, 0.25) is 0 Å². The molecule has 0 aromatic rings. The van der Waals surface area contributed by atoms with Crippen molar-refractivity contribution in [2.45, 2.75) is 31.2 Å². The second kappa shape index (κ2) is 5.09. The molecule has 0 aromatic heterocycles. The van der Waals surface area contributed by atoms with Crippen LogP contribution >= 0.6 is 0 Å². The quantitative estimate of drug-likeness (QED) is 0.785. The van der Waals surface area contributed by atoms with Gasteiger partial charge in [-0.15, -0.1) is 0 Å². The van der Waals surface area contributed by atoms with Crippen LogP contribution in [-0.4, -0.2) is 48.8 Å². The molecule has 0 spiro atoms. The van der Waals surface area contributed by atoms with E-state index in [-0.39, 0.29) is 6.54 Å². The third kappa shape index (κ3) is 4.39. The van der Waals surface area contributed by atoms with Crippen molar-refractivity contribution < 1.29 is 32.5 Å². The number of carbonyl (C=O) groups excluding carboxylic acids is 1. The summed E-state index contributed by atoms with van der Waals surface area (Å²) in [4.78, 5) is 10.9. The van der Waals surface area contributed by atoms with Gasteiger partial charge in [0.25, 0.3) is 0 Å². The first kappa shape index (κ1) is 14.0. The molecule has 0 radical (unpaired) electrons. The number of halogens is 3. The maximum Gasteiger partial charge on any atom is 0.422 e. The Morgan fingerprint density at radius 3 is 2.76 bits per heavy atom. The van der Waals surface area contributed by atoms with E-state index < -0.39 is 30.6 Å². The Morgan fingerprint density at radius 2 is 2.29 bits per heavy atom. The zero-order valence-corrected chi connectivity index (χ0v) is 9.21. The van der Waals surface area contributed by atoms with Gasteiger partial charge in [-0.1, -0.05) is 0 Å². The zero-order chi connectivity index (χ0) is 13.1. The summed E-state index contributed by atoms with van der Waals surface area (Å²) in [5.74, 6) is 0. The third-order valence-electron chi connectivity index (χ3n) is 2.57. The first-order valence-electron chi connectivity index (χ1n) is 5.04. The van der Waals surface area contributed by atoms with E-state index in [1.54, 1.807) is 6.92 Å². The summed E-state index contributed by atoms with van der Waals surface area (Å²) in [6.45, 7) is 0.112. The number of aliphatic hydroxyl groups is 1. The van der Waals surface area contributed by atoms with E-state index in [4.69, 9.17) is 4.74 Å². The van der Waals surface area contributed by atoms with Gasteiger partial charge in [0.15, 0.2) is 6.61 Å². The molecule has 8 heteroatoms. The highest BCUT2D eigenvalue weighted by Crippen LogP contribution is 2.24. The van der Waals surface area contributed by atoms with E-state index in [9.17, 15) is 23.1 Å². The highest BCUT2D eigenvalue weighted by molar-refractivity contribution is 5.67. The Kier molecular flexibility index (Phi) is 4.21. The molecule has 1 heterocycles. The van der Waals surface area contributed by atoms with Gasteiger partial charge in [-0.2, -0.15) is 13.2 Å². The predicted molar refractivity (Wildman–Crippen MR) is 50.4 cm³/mol. The number of ether oxygens (including phenoxy) is 2. The van der Waals surface area contributed by atoms with Gasteiger partial charge >= 0.3 is 12.3 Å². The lowest BCUT2D eigenvalue weighted by Crippen LogP contribution is -2.47. The van der Waals surface area contributed by atoms with Gasteiger partial charge in [0.1, 0.15) is 5.60 Å². The summed E-state index contributed by atoms with van der Waals surface area (Å²) in [5.41, 5.74) is -1.25. The van der Waals surface area contributed by atoms with Crippen LogP contribution in [0.15, 0.2) is 0 Å². The topological polar surface area (TPSA) is 67.8 Å². The van der Waals surface area contributed by atoms with Crippen LogP contribution in [-0.2, 0) is 9.47 Å². The van der Waals surface area contributed by atoms with Gasteiger partial charge in [-0.3, -0.25) is 0 Å². The fourth-order valence-corrected chi connectivity index (χ4v) is 1.43. The second-order valence-corrected chi connectivity index (χ2v) is 3.91. The molecule has 100 valence electrons. The van der Waals surface area contributed by atoms with Crippen LogP contribution in [0.1, 0.15) is 13.3 Å². The van der Waals surface area contributed by atoms with E-state index >= 15 is 0 Å². The number of nitrogens with one attached hydrogen (secondary N) is 1. The van der Waals surface area contributed by atoms with Crippen LogP contribution in [0.4, 0.5) is 18.0 Å². The lowest BCUT2D eigenvalue weighted by molar-refractivity contribution is -0.160. The molecule has 2 unspecified atom stereocenters. The molecule has 17 heavy (non-hydrogen) atoms. The van der Waals surface area contributed by atoms with Crippen molar-refractivity contribution in [2.75, 3.05) is 19.8 Å². The zero-order valence-electron chi connectivity index (χ0n) is 9.21. The van der Waals surface area contributed by atoms with E-state index in [0.717, 1.165) is 0 Å². The van der Waals surface area contributed by atoms with Gasteiger partial charge in [0.05, 0.1) is 12.6 Å². The van der Waals surface area contributed by atoms with Gasteiger partial charge in [-0.25, -0.2) is 4.79 Å². The minimum Gasteiger partial charge on any atom is -0.440 e. The van der Waals surface area contributed by atoms with E-state index in [1.165, 1.54) is 0 Å². The van der Waals surface area contributed by atoms with Gasteiger partial charge in [0, 0.05) is 13.0 Å². The van der Waals surface area contributed by atoms with Crippen molar-refractivity contribution in [1.82, 2.24) is 5.32 Å². The molecule has 5 nitrogen and oxygen atoms in total. The Morgan fingerprint density at radius 1 is 1.65 bits per heavy atom. The summed E-state index contributed by atoms with van der Waals surface area (Å²) in [6, 6.07) is 0. The molecule has 1 aliphatic rings. The molecule has 0 saturated carbocycles. The second-order valence-electron chi connectivity index (χ2n) is 3.91. The molecule has 0 bridgehead atoms. The maximum atomic E-state index is 11.7. The molecule has 1 fully saturated rings. The van der Waals surface area contributed by atoms with Crippen molar-refractivity contribution in [2.24, 2.45) is 0 Å². The SMILES string of the molecule is CC1OCCC1(O)CNC(=O)OCC(F)(F)F. The minimum atomic E-state index is -4.56. The monoisotopic (exact) mass is 257 g/mol. The molecule has 0 aliphatic carbocycles. The fourth-order valence-electron chi connectivity index (χ4n) is 1.43. The van der Waals surface area contributed by atoms with E-state index in [2.05, 4.69) is 10.1 Å². The van der Waals surface area contributed by atoms with Crippen molar-refractivity contribution in [1.29, 1.82) is 0 Å². The number of alkyl carbamates (subject to hydrolysis) is 1. The smallest absolute Gasteiger partial charge is 0.422 e. The van der Waals surface area contributed by atoms with Crippen LogP contribution in [0.3, 0.4) is 0 Å². The number of carbonyl (C=O) groups is 1. The summed E-state index contributed by atoms with van der Waals surface area (Å²) >= 11 is 0. The minimum absolute atomic E-state index is 0.204. The van der Waals surface area contributed by atoms with Gasteiger partial charge in [-0.05, 0) is 6.92 Å². The summed E-state index contributed by atoms with van der Waals surface area (Å²) < 4.78 is 44.2. The molecule has 2 atom stereocenters. The normalized spacial score (nSPS) is 29.1. The van der Waals surface area contributed by atoms with Crippen LogP contribution in [0, 0.1) is 0 Å². The van der Waals surface area contributed by atoms with Crippen LogP contribution in [0.2, 0.25) is 0 Å². The molecular weight excluding hydrogens is 243 g/mol. The summed E-state index contributed by atoms with van der Waals surface area (Å²) in [5, 5.41) is 12.0. The van der Waals surface area contributed by atoms with Gasteiger partial charge < -0.3 is 19.9 Å². The van der Waals surface area contributed by atoms with Crippen molar-refractivity contribution in [3.05, 3.63) is 0 Å². The number of amides is 1. The Bertz CT molecular complexity index is 284. The number of alkyl halides is 3. The number of rotatable bonds is 3. The molecule has 1 amide bonds. The Hall–Kier alpha value is -1.02. The molecule has 2 N–H and O–H groups in total. The number of hydrogen-bond acceptors (Lipinski definition) is 4. The largest absolute Gasteiger partial charge is 0.440 e. The lowest BCUT2D eigenvalue weighted by atomic mass is 9.97. The van der Waals surface area contributed by atoms with Crippen molar-refractivity contribution >= 4 is 6.09 Å². The average Bonchev–Trinajstić information content (AvgIpc) is 2.53. The van der Waals surface area contributed by atoms with Crippen molar-refractivity contribution in [3.63, 3.8) is 0 Å². The molecule has 1 saturated heterocycles. The van der Waals surface area contributed by atoms with Crippen LogP contribution < -0.4 is 5.32 Å². The highest BCUT2D eigenvalue weighted by Gasteiger charge is 2.40. The molecular formula is C9H14F3NO4. The lowest BCUT2D eigenvalue weighted by Gasteiger charge is -2.25. The summed E-state index contributed by atoms with van der Waals surface area (Å²) in [7, 11) is 0. The number of hydrogen-bond donors (Lipinski definition) is 2. The Labute approximate surface area is 95.9 Å².